The number of piperazine rings is 1. The summed E-state index contributed by atoms with van der Waals surface area (Å²) in [5, 5.41) is 3.25. The molecular formula is C21H25Cl2N3O2S. The molecule has 2 aliphatic rings. The lowest BCUT2D eigenvalue weighted by atomic mass is 10.1. The number of nitrogens with one attached hydrogen (secondary N) is 1. The third-order valence-corrected chi connectivity index (χ3v) is 8.16. The zero-order valence-electron chi connectivity index (χ0n) is 16.4. The molecule has 2 aliphatic heterocycles. The van der Waals surface area contributed by atoms with Gasteiger partial charge in [0.25, 0.3) is 0 Å². The SMILES string of the molecule is CN1CCN(c2ccc3c(c2)NC(S(=O)(=O)c2cc(Cl)cc(Cl)c2)CCC3)CC1. The molecule has 1 N–H and O–H groups in total. The molecule has 0 saturated carbocycles. The second-order valence-electron chi connectivity index (χ2n) is 7.81. The van der Waals surface area contributed by atoms with Crippen LogP contribution >= 0.6 is 23.2 Å². The number of anilines is 2. The first-order chi connectivity index (χ1) is 13.8. The Hall–Kier alpha value is -1.47. The largest absolute Gasteiger partial charge is 0.369 e. The van der Waals surface area contributed by atoms with Crippen LogP contribution in [0, 0.1) is 0 Å². The minimum atomic E-state index is -3.62. The first kappa shape index (κ1) is 20.8. The third-order valence-electron chi connectivity index (χ3n) is 5.73. The Labute approximate surface area is 182 Å². The van der Waals surface area contributed by atoms with Crippen LogP contribution in [0.1, 0.15) is 18.4 Å². The van der Waals surface area contributed by atoms with Crippen molar-refractivity contribution in [1.82, 2.24) is 4.90 Å². The van der Waals surface area contributed by atoms with Crippen LogP contribution in [0.25, 0.3) is 0 Å². The number of fused-ring (bicyclic) bond motifs is 1. The van der Waals surface area contributed by atoms with Crippen molar-refractivity contribution in [2.75, 3.05) is 43.4 Å². The fraction of sp³-hybridized carbons (Fsp3) is 0.429. The second kappa shape index (κ2) is 8.34. The summed E-state index contributed by atoms with van der Waals surface area (Å²) < 4.78 is 26.6. The van der Waals surface area contributed by atoms with Crippen LogP contribution in [0.4, 0.5) is 11.4 Å². The summed E-state index contributed by atoms with van der Waals surface area (Å²) in [5.74, 6) is 0. The van der Waals surface area contributed by atoms with Crippen LogP contribution in [-0.2, 0) is 16.3 Å². The molecule has 1 fully saturated rings. The molecule has 0 bridgehead atoms. The van der Waals surface area contributed by atoms with Gasteiger partial charge >= 0.3 is 0 Å². The number of nitrogens with zero attached hydrogens (tertiary/aromatic N) is 2. The van der Waals surface area contributed by atoms with Crippen molar-refractivity contribution in [1.29, 1.82) is 0 Å². The molecule has 4 rings (SSSR count). The fourth-order valence-corrected chi connectivity index (χ4v) is 6.32. The van der Waals surface area contributed by atoms with Gasteiger partial charge in [0.2, 0.25) is 0 Å². The molecule has 2 aromatic carbocycles. The van der Waals surface area contributed by atoms with Gasteiger partial charge in [-0.3, -0.25) is 0 Å². The zero-order valence-corrected chi connectivity index (χ0v) is 18.7. The van der Waals surface area contributed by atoms with Crippen molar-refractivity contribution < 1.29 is 8.42 Å². The summed E-state index contributed by atoms with van der Waals surface area (Å²) in [6, 6.07) is 10.9. The predicted octanol–water partition coefficient (Wildman–Crippen LogP) is 4.29. The van der Waals surface area contributed by atoms with E-state index in [-0.39, 0.29) is 4.90 Å². The highest BCUT2D eigenvalue weighted by Crippen LogP contribution is 2.33. The fourth-order valence-electron chi connectivity index (χ4n) is 3.99. The van der Waals surface area contributed by atoms with Crippen molar-refractivity contribution in [3.05, 3.63) is 52.0 Å². The molecule has 0 amide bonds. The Kier molecular flexibility index (Phi) is 5.98. The van der Waals surface area contributed by atoms with E-state index in [0.717, 1.165) is 56.0 Å². The number of halogens is 2. The maximum Gasteiger partial charge on any atom is 0.199 e. The number of rotatable bonds is 3. The van der Waals surface area contributed by atoms with Crippen LogP contribution in [0.3, 0.4) is 0 Å². The molecule has 2 heterocycles. The third kappa shape index (κ3) is 4.50. The Bertz CT molecular complexity index is 985. The molecule has 8 heteroatoms. The lowest BCUT2D eigenvalue weighted by Gasteiger charge is -2.34. The summed E-state index contributed by atoms with van der Waals surface area (Å²) in [7, 11) is -1.49. The first-order valence-corrected chi connectivity index (χ1v) is 12.2. The molecule has 5 nitrogen and oxygen atoms in total. The van der Waals surface area contributed by atoms with Gasteiger partial charge < -0.3 is 15.1 Å². The maximum atomic E-state index is 13.3. The molecule has 1 atom stereocenters. The van der Waals surface area contributed by atoms with Gasteiger partial charge in [-0.15, -0.1) is 0 Å². The number of sulfone groups is 1. The Morgan fingerprint density at radius 2 is 1.69 bits per heavy atom. The van der Waals surface area contributed by atoms with E-state index in [2.05, 4.69) is 40.4 Å². The van der Waals surface area contributed by atoms with E-state index in [1.165, 1.54) is 12.1 Å². The zero-order chi connectivity index (χ0) is 20.6. The van der Waals surface area contributed by atoms with E-state index < -0.39 is 15.2 Å². The van der Waals surface area contributed by atoms with Crippen molar-refractivity contribution in [2.24, 2.45) is 0 Å². The molecule has 2 aromatic rings. The topological polar surface area (TPSA) is 52.6 Å². The van der Waals surface area contributed by atoms with E-state index in [4.69, 9.17) is 23.2 Å². The molecule has 0 spiro atoms. The standard InChI is InChI=1S/C21H25Cl2N3O2S/c1-25-7-9-26(10-8-25)18-6-5-15-3-2-4-21(24-20(15)14-18)29(27,28)19-12-16(22)11-17(23)13-19/h5-6,11-14,21,24H,2-4,7-10H2,1H3. The van der Waals surface area contributed by atoms with E-state index in [0.29, 0.717) is 16.5 Å². The van der Waals surface area contributed by atoms with Gasteiger partial charge in [-0.05, 0) is 62.2 Å². The van der Waals surface area contributed by atoms with E-state index >= 15 is 0 Å². The van der Waals surface area contributed by atoms with Gasteiger partial charge in [-0.25, -0.2) is 8.42 Å². The number of hydrogen-bond acceptors (Lipinski definition) is 5. The summed E-state index contributed by atoms with van der Waals surface area (Å²) >= 11 is 12.1. The van der Waals surface area contributed by atoms with Gasteiger partial charge in [0, 0.05) is 47.6 Å². The van der Waals surface area contributed by atoms with Crippen molar-refractivity contribution in [3.8, 4) is 0 Å². The Morgan fingerprint density at radius 1 is 1.00 bits per heavy atom. The molecule has 1 saturated heterocycles. The monoisotopic (exact) mass is 453 g/mol. The lowest BCUT2D eigenvalue weighted by Crippen LogP contribution is -2.44. The maximum absolute atomic E-state index is 13.3. The molecule has 156 valence electrons. The average molecular weight is 454 g/mol. The average Bonchev–Trinajstić information content (AvgIpc) is 2.90. The molecule has 0 aliphatic carbocycles. The highest BCUT2D eigenvalue weighted by molar-refractivity contribution is 7.92. The van der Waals surface area contributed by atoms with Crippen molar-refractivity contribution >= 4 is 44.4 Å². The molecule has 0 aromatic heterocycles. The van der Waals surface area contributed by atoms with Crippen LogP contribution in [-0.4, -0.2) is 51.9 Å². The van der Waals surface area contributed by atoms with E-state index in [1.807, 2.05) is 0 Å². The Balaban J connectivity index is 1.62. The normalized spacial score (nSPS) is 20.7. The van der Waals surface area contributed by atoms with E-state index in [9.17, 15) is 8.42 Å². The molecule has 0 radical (unpaired) electrons. The van der Waals surface area contributed by atoms with Crippen molar-refractivity contribution in [3.63, 3.8) is 0 Å². The quantitative estimate of drug-likeness (QED) is 0.750. The predicted molar refractivity (Wildman–Crippen MR) is 120 cm³/mol. The molecule has 1 unspecified atom stereocenters. The van der Waals surface area contributed by atoms with Crippen LogP contribution in [0.15, 0.2) is 41.3 Å². The van der Waals surface area contributed by atoms with Gasteiger partial charge in [0.1, 0.15) is 5.37 Å². The van der Waals surface area contributed by atoms with Gasteiger partial charge in [-0.1, -0.05) is 29.3 Å². The number of aryl methyl sites for hydroxylation is 1. The van der Waals surface area contributed by atoms with Crippen LogP contribution in [0.5, 0.6) is 0 Å². The minimum absolute atomic E-state index is 0.158. The number of likely N-dealkylation sites (N-methyl/N-ethyl adjacent to an activating group) is 1. The smallest absolute Gasteiger partial charge is 0.199 e. The minimum Gasteiger partial charge on any atom is -0.369 e. The van der Waals surface area contributed by atoms with Crippen molar-refractivity contribution in [2.45, 2.75) is 29.5 Å². The van der Waals surface area contributed by atoms with E-state index in [1.54, 1.807) is 6.07 Å². The lowest BCUT2D eigenvalue weighted by molar-refractivity contribution is 0.313. The van der Waals surface area contributed by atoms with Gasteiger partial charge in [0.15, 0.2) is 9.84 Å². The summed E-state index contributed by atoms with van der Waals surface area (Å²) in [5.41, 5.74) is 3.19. The van der Waals surface area contributed by atoms with Gasteiger partial charge in [-0.2, -0.15) is 0 Å². The highest BCUT2D eigenvalue weighted by atomic mass is 35.5. The molecule has 29 heavy (non-hydrogen) atoms. The Morgan fingerprint density at radius 3 is 2.38 bits per heavy atom. The van der Waals surface area contributed by atoms with Crippen LogP contribution in [0.2, 0.25) is 10.0 Å². The van der Waals surface area contributed by atoms with Crippen LogP contribution < -0.4 is 10.2 Å². The molecular weight excluding hydrogens is 429 g/mol. The number of benzene rings is 2. The summed E-state index contributed by atoms with van der Waals surface area (Å²) in [4.78, 5) is 4.83. The first-order valence-electron chi connectivity index (χ1n) is 9.86. The summed E-state index contributed by atoms with van der Waals surface area (Å²) in [6.07, 6.45) is 2.19. The highest BCUT2D eigenvalue weighted by Gasteiger charge is 2.30. The van der Waals surface area contributed by atoms with Gasteiger partial charge in [0.05, 0.1) is 4.90 Å². The summed E-state index contributed by atoms with van der Waals surface area (Å²) in [6.45, 7) is 3.99. The second-order valence-corrected chi connectivity index (χ2v) is 10.8. The number of hydrogen-bond donors (Lipinski definition) is 1.